The fourth-order valence-electron chi connectivity index (χ4n) is 2.41. The second kappa shape index (κ2) is 9.32. The Balaban J connectivity index is 1.83. The van der Waals surface area contributed by atoms with Gasteiger partial charge in [-0.1, -0.05) is 30.3 Å². The van der Waals surface area contributed by atoms with Crippen molar-refractivity contribution in [3.05, 3.63) is 59.7 Å². The van der Waals surface area contributed by atoms with Crippen LogP contribution in [0.4, 0.5) is 10.5 Å². The van der Waals surface area contributed by atoms with Crippen LogP contribution in [0, 0.1) is 0 Å². The monoisotopic (exact) mass is 341 g/mol. The topological polar surface area (TPSA) is 79.5 Å². The van der Waals surface area contributed by atoms with Crippen molar-refractivity contribution >= 4 is 17.6 Å². The Morgan fingerprint density at radius 2 is 1.80 bits per heavy atom. The Morgan fingerprint density at radius 3 is 2.48 bits per heavy atom. The highest BCUT2D eigenvalue weighted by molar-refractivity contribution is 5.88. The van der Waals surface area contributed by atoms with E-state index in [2.05, 4.69) is 16.0 Å². The number of methoxy groups -OCH3 is 1. The lowest BCUT2D eigenvalue weighted by Crippen LogP contribution is -2.36. The standard InChI is InChI=1S/C19H23N3O3/c1-14(23)22-17-8-9-18(25-2)16(12-17)10-11-20-19(24)21-13-15-6-4-3-5-7-15/h3-9,12H,10-11,13H2,1-2H3,(H,22,23)(H2,20,21,24). The third-order valence-corrected chi connectivity index (χ3v) is 3.58. The zero-order chi connectivity index (χ0) is 18.1. The van der Waals surface area contributed by atoms with E-state index >= 15 is 0 Å². The van der Waals surface area contributed by atoms with Crippen LogP contribution in [0.3, 0.4) is 0 Å². The molecule has 2 rings (SSSR count). The van der Waals surface area contributed by atoms with Gasteiger partial charge in [-0.2, -0.15) is 0 Å². The summed E-state index contributed by atoms with van der Waals surface area (Å²) >= 11 is 0. The maximum Gasteiger partial charge on any atom is 0.315 e. The summed E-state index contributed by atoms with van der Waals surface area (Å²) in [4.78, 5) is 23.0. The first-order valence-electron chi connectivity index (χ1n) is 8.08. The lowest BCUT2D eigenvalue weighted by atomic mass is 10.1. The van der Waals surface area contributed by atoms with Crippen molar-refractivity contribution in [2.75, 3.05) is 19.0 Å². The van der Waals surface area contributed by atoms with Crippen molar-refractivity contribution in [1.82, 2.24) is 10.6 Å². The number of urea groups is 1. The number of hydrogen-bond donors (Lipinski definition) is 3. The number of ether oxygens (including phenoxy) is 1. The normalized spacial score (nSPS) is 10.0. The molecule has 0 atom stereocenters. The third-order valence-electron chi connectivity index (χ3n) is 3.58. The predicted molar refractivity (Wildman–Crippen MR) is 97.7 cm³/mol. The summed E-state index contributed by atoms with van der Waals surface area (Å²) in [5, 5.41) is 8.37. The molecule has 0 unspecified atom stereocenters. The molecule has 0 fully saturated rings. The lowest BCUT2D eigenvalue weighted by molar-refractivity contribution is -0.114. The first kappa shape index (κ1) is 18.3. The molecule has 2 aromatic carbocycles. The highest BCUT2D eigenvalue weighted by Gasteiger charge is 2.07. The molecule has 0 spiro atoms. The van der Waals surface area contributed by atoms with E-state index in [1.165, 1.54) is 6.92 Å². The summed E-state index contributed by atoms with van der Waals surface area (Å²) in [7, 11) is 1.59. The van der Waals surface area contributed by atoms with Crippen LogP contribution in [-0.2, 0) is 17.8 Å². The van der Waals surface area contributed by atoms with Crippen molar-refractivity contribution < 1.29 is 14.3 Å². The van der Waals surface area contributed by atoms with Crippen molar-refractivity contribution in [1.29, 1.82) is 0 Å². The van der Waals surface area contributed by atoms with Gasteiger partial charge in [0.25, 0.3) is 0 Å². The van der Waals surface area contributed by atoms with Crippen molar-refractivity contribution in [3.63, 3.8) is 0 Å². The Bertz CT molecular complexity index is 717. The van der Waals surface area contributed by atoms with Gasteiger partial charge in [-0.25, -0.2) is 4.79 Å². The zero-order valence-corrected chi connectivity index (χ0v) is 14.5. The number of benzene rings is 2. The zero-order valence-electron chi connectivity index (χ0n) is 14.5. The molecule has 3 N–H and O–H groups in total. The second-order valence-electron chi connectivity index (χ2n) is 5.55. The summed E-state index contributed by atoms with van der Waals surface area (Å²) in [6, 6.07) is 14.9. The number of carbonyl (C=O) groups excluding carboxylic acids is 2. The fraction of sp³-hybridized carbons (Fsp3) is 0.263. The highest BCUT2D eigenvalue weighted by atomic mass is 16.5. The number of hydrogen-bond acceptors (Lipinski definition) is 3. The Labute approximate surface area is 147 Å². The third kappa shape index (κ3) is 6.18. The SMILES string of the molecule is COc1ccc(NC(C)=O)cc1CCNC(=O)NCc1ccccc1. The van der Waals surface area contributed by atoms with Gasteiger partial charge >= 0.3 is 6.03 Å². The van der Waals surface area contributed by atoms with E-state index in [-0.39, 0.29) is 11.9 Å². The van der Waals surface area contributed by atoms with Crippen LogP contribution in [0.25, 0.3) is 0 Å². The highest BCUT2D eigenvalue weighted by Crippen LogP contribution is 2.23. The molecule has 0 bridgehead atoms. The summed E-state index contributed by atoms with van der Waals surface area (Å²) in [6.07, 6.45) is 0.593. The molecule has 132 valence electrons. The average molecular weight is 341 g/mol. The number of nitrogens with one attached hydrogen (secondary N) is 3. The predicted octanol–water partition coefficient (Wildman–Crippen LogP) is 2.70. The van der Waals surface area contributed by atoms with Crippen LogP contribution in [0.1, 0.15) is 18.1 Å². The number of amides is 3. The van der Waals surface area contributed by atoms with E-state index < -0.39 is 0 Å². The second-order valence-corrected chi connectivity index (χ2v) is 5.55. The molecule has 0 saturated heterocycles. The first-order chi connectivity index (χ1) is 12.1. The molecule has 0 aliphatic carbocycles. The lowest BCUT2D eigenvalue weighted by Gasteiger charge is -2.12. The largest absolute Gasteiger partial charge is 0.496 e. The maximum atomic E-state index is 11.9. The maximum absolute atomic E-state index is 11.9. The van der Waals surface area contributed by atoms with Crippen LogP contribution < -0.4 is 20.7 Å². The molecule has 0 aliphatic rings. The molecule has 6 heteroatoms. The molecular weight excluding hydrogens is 318 g/mol. The van der Waals surface area contributed by atoms with Crippen LogP contribution in [0.15, 0.2) is 48.5 Å². The summed E-state index contributed by atoms with van der Waals surface area (Å²) in [5.41, 5.74) is 2.66. The summed E-state index contributed by atoms with van der Waals surface area (Å²) in [6.45, 7) is 2.40. The van der Waals surface area contributed by atoms with E-state index in [0.29, 0.717) is 25.2 Å². The van der Waals surface area contributed by atoms with E-state index in [1.807, 2.05) is 36.4 Å². The van der Waals surface area contributed by atoms with Gasteiger partial charge < -0.3 is 20.7 Å². The number of anilines is 1. The van der Waals surface area contributed by atoms with Gasteiger partial charge in [-0.15, -0.1) is 0 Å². The molecular formula is C19H23N3O3. The number of rotatable bonds is 7. The van der Waals surface area contributed by atoms with Gasteiger partial charge in [-0.05, 0) is 35.7 Å². The van der Waals surface area contributed by atoms with Crippen LogP contribution in [-0.4, -0.2) is 25.6 Å². The van der Waals surface area contributed by atoms with Gasteiger partial charge in [0.15, 0.2) is 0 Å². The average Bonchev–Trinajstić information content (AvgIpc) is 2.60. The van der Waals surface area contributed by atoms with E-state index in [4.69, 9.17) is 4.74 Å². The van der Waals surface area contributed by atoms with Crippen LogP contribution >= 0.6 is 0 Å². The van der Waals surface area contributed by atoms with Crippen LogP contribution in [0.5, 0.6) is 5.75 Å². The minimum absolute atomic E-state index is 0.130. The van der Waals surface area contributed by atoms with Crippen molar-refractivity contribution in [3.8, 4) is 5.75 Å². The molecule has 6 nitrogen and oxygen atoms in total. The Hall–Kier alpha value is -3.02. The summed E-state index contributed by atoms with van der Waals surface area (Å²) < 4.78 is 5.33. The molecule has 25 heavy (non-hydrogen) atoms. The molecule has 0 aromatic heterocycles. The fourth-order valence-corrected chi connectivity index (χ4v) is 2.41. The molecule has 0 heterocycles. The van der Waals surface area contributed by atoms with Gasteiger partial charge in [0.2, 0.25) is 5.91 Å². The minimum Gasteiger partial charge on any atom is -0.496 e. The number of carbonyl (C=O) groups is 2. The van der Waals surface area contributed by atoms with Crippen molar-refractivity contribution in [2.45, 2.75) is 19.9 Å². The molecule has 0 saturated carbocycles. The molecule has 3 amide bonds. The molecule has 2 aromatic rings. The quantitative estimate of drug-likeness (QED) is 0.724. The van der Waals surface area contributed by atoms with Gasteiger partial charge in [-0.3, -0.25) is 4.79 Å². The van der Waals surface area contributed by atoms with Gasteiger partial charge in [0, 0.05) is 25.7 Å². The van der Waals surface area contributed by atoms with Crippen LogP contribution in [0.2, 0.25) is 0 Å². The van der Waals surface area contributed by atoms with Gasteiger partial charge in [0.1, 0.15) is 5.75 Å². The molecule has 0 radical (unpaired) electrons. The van der Waals surface area contributed by atoms with E-state index in [1.54, 1.807) is 19.2 Å². The first-order valence-corrected chi connectivity index (χ1v) is 8.08. The summed E-state index contributed by atoms with van der Waals surface area (Å²) in [5.74, 6) is 0.593. The smallest absolute Gasteiger partial charge is 0.315 e. The minimum atomic E-state index is -0.221. The van der Waals surface area contributed by atoms with Gasteiger partial charge in [0.05, 0.1) is 7.11 Å². The van der Waals surface area contributed by atoms with Crippen molar-refractivity contribution in [2.24, 2.45) is 0 Å². The van der Waals surface area contributed by atoms with E-state index in [9.17, 15) is 9.59 Å². The molecule has 0 aliphatic heterocycles. The van der Waals surface area contributed by atoms with E-state index in [0.717, 1.165) is 16.9 Å². The Kier molecular flexibility index (Phi) is 6.83. The Morgan fingerprint density at radius 1 is 1.04 bits per heavy atom.